The molecule has 2 N–H and O–H groups in total. The first-order chi connectivity index (χ1) is 9.90. The quantitative estimate of drug-likeness (QED) is 0.692. The van der Waals surface area contributed by atoms with E-state index < -0.39 is 11.8 Å². The molecule has 0 unspecified atom stereocenters. The first kappa shape index (κ1) is 14.8. The van der Waals surface area contributed by atoms with Crippen LogP contribution in [0.1, 0.15) is 21.5 Å². The fourth-order valence-corrected chi connectivity index (χ4v) is 2.05. The predicted molar refractivity (Wildman–Crippen MR) is 78.1 cm³/mol. The van der Waals surface area contributed by atoms with Crippen LogP contribution in [0.4, 0.5) is 10.1 Å². The molecular formula is C16H16FNO3. The number of carbonyl (C=O) groups excluding carboxylic acids is 1. The highest BCUT2D eigenvalue weighted by molar-refractivity contribution is 5.95. The maximum absolute atomic E-state index is 13.9. The lowest BCUT2D eigenvalue weighted by molar-refractivity contribution is 0.0601. The number of halogens is 1. The number of esters is 1. The van der Waals surface area contributed by atoms with Crippen molar-refractivity contribution in [3.05, 3.63) is 52.8 Å². The molecule has 0 bridgehead atoms. The summed E-state index contributed by atoms with van der Waals surface area (Å²) in [5, 5.41) is 0. The van der Waals surface area contributed by atoms with Gasteiger partial charge in [-0.05, 0) is 37.1 Å². The van der Waals surface area contributed by atoms with Crippen molar-refractivity contribution < 1.29 is 18.7 Å². The number of rotatable bonds is 3. The van der Waals surface area contributed by atoms with Crippen molar-refractivity contribution in [3.63, 3.8) is 0 Å². The maximum atomic E-state index is 13.9. The summed E-state index contributed by atoms with van der Waals surface area (Å²) in [5.41, 5.74) is 7.68. The minimum absolute atomic E-state index is 0.00660. The molecule has 0 fully saturated rings. The van der Waals surface area contributed by atoms with Gasteiger partial charge in [0.15, 0.2) is 11.6 Å². The summed E-state index contributed by atoms with van der Waals surface area (Å²) in [6, 6.07) is 7.83. The number of hydrogen-bond acceptors (Lipinski definition) is 4. The third-order valence-electron chi connectivity index (χ3n) is 2.93. The average molecular weight is 289 g/mol. The van der Waals surface area contributed by atoms with E-state index in [0.717, 1.165) is 17.2 Å². The molecular weight excluding hydrogens is 273 g/mol. The molecule has 5 heteroatoms. The lowest BCUT2D eigenvalue weighted by Gasteiger charge is -2.11. The van der Waals surface area contributed by atoms with Gasteiger partial charge in [0.2, 0.25) is 0 Å². The molecule has 2 rings (SSSR count). The Labute approximate surface area is 122 Å². The van der Waals surface area contributed by atoms with Gasteiger partial charge in [-0.1, -0.05) is 6.07 Å². The summed E-state index contributed by atoms with van der Waals surface area (Å²) in [6.07, 6.45) is 0. The summed E-state index contributed by atoms with van der Waals surface area (Å²) in [4.78, 5) is 11.6. The molecule has 0 atom stereocenters. The van der Waals surface area contributed by atoms with Gasteiger partial charge in [-0.25, -0.2) is 9.18 Å². The van der Waals surface area contributed by atoms with Crippen LogP contribution in [0.3, 0.4) is 0 Å². The predicted octanol–water partition coefficient (Wildman–Crippen LogP) is 3.60. The number of anilines is 1. The zero-order chi connectivity index (χ0) is 15.6. The van der Waals surface area contributed by atoms with E-state index in [1.165, 1.54) is 13.2 Å². The number of methoxy groups -OCH3 is 1. The fourth-order valence-electron chi connectivity index (χ4n) is 2.05. The van der Waals surface area contributed by atoms with Crippen LogP contribution in [-0.4, -0.2) is 13.1 Å². The summed E-state index contributed by atoms with van der Waals surface area (Å²) >= 11 is 0. The van der Waals surface area contributed by atoms with Crippen LogP contribution >= 0.6 is 0 Å². The Morgan fingerprint density at radius 2 is 1.71 bits per heavy atom. The van der Waals surface area contributed by atoms with Crippen molar-refractivity contribution in [2.24, 2.45) is 0 Å². The Morgan fingerprint density at radius 3 is 2.29 bits per heavy atom. The molecule has 0 radical (unpaired) electrons. The Kier molecular flexibility index (Phi) is 4.12. The highest BCUT2D eigenvalue weighted by Crippen LogP contribution is 2.30. The molecule has 0 aliphatic carbocycles. The molecule has 0 spiro atoms. The summed E-state index contributed by atoms with van der Waals surface area (Å²) < 4.78 is 24.1. The fraction of sp³-hybridized carbons (Fsp3) is 0.188. The Bertz CT molecular complexity index is 678. The van der Waals surface area contributed by atoms with Crippen LogP contribution in [0.15, 0.2) is 30.3 Å². The molecule has 0 aliphatic rings. The van der Waals surface area contributed by atoms with Crippen LogP contribution in [-0.2, 0) is 4.74 Å². The van der Waals surface area contributed by atoms with E-state index in [4.69, 9.17) is 10.5 Å². The lowest BCUT2D eigenvalue weighted by atomic mass is 10.1. The summed E-state index contributed by atoms with van der Waals surface area (Å²) in [5.74, 6) is -0.862. The van der Waals surface area contributed by atoms with Crippen LogP contribution in [0.5, 0.6) is 11.5 Å². The minimum atomic E-state index is -0.641. The van der Waals surface area contributed by atoms with Gasteiger partial charge < -0.3 is 15.2 Å². The van der Waals surface area contributed by atoms with E-state index in [1.807, 2.05) is 19.9 Å². The van der Waals surface area contributed by atoms with Crippen LogP contribution < -0.4 is 10.5 Å². The van der Waals surface area contributed by atoms with Gasteiger partial charge in [0.25, 0.3) is 0 Å². The largest absolute Gasteiger partial charge is 0.465 e. The van der Waals surface area contributed by atoms with Gasteiger partial charge in [-0.3, -0.25) is 0 Å². The number of ether oxygens (including phenoxy) is 2. The Hall–Kier alpha value is -2.56. The van der Waals surface area contributed by atoms with Crippen molar-refractivity contribution >= 4 is 11.7 Å². The Balaban J connectivity index is 2.41. The second-order valence-electron chi connectivity index (χ2n) is 4.79. The monoisotopic (exact) mass is 289 g/mol. The van der Waals surface area contributed by atoms with E-state index in [-0.39, 0.29) is 17.0 Å². The molecule has 0 heterocycles. The third kappa shape index (κ3) is 3.31. The molecule has 4 nitrogen and oxygen atoms in total. The van der Waals surface area contributed by atoms with Gasteiger partial charge in [0.1, 0.15) is 5.75 Å². The number of carbonyl (C=O) groups is 1. The van der Waals surface area contributed by atoms with Crippen molar-refractivity contribution in [1.82, 2.24) is 0 Å². The van der Waals surface area contributed by atoms with E-state index >= 15 is 0 Å². The summed E-state index contributed by atoms with van der Waals surface area (Å²) in [6.45, 7) is 3.83. The number of aryl methyl sites for hydroxylation is 2. The van der Waals surface area contributed by atoms with E-state index in [2.05, 4.69) is 4.74 Å². The molecule has 2 aromatic carbocycles. The van der Waals surface area contributed by atoms with E-state index in [0.29, 0.717) is 5.75 Å². The van der Waals surface area contributed by atoms with Crippen LogP contribution in [0.25, 0.3) is 0 Å². The van der Waals surface area contributed by atoms with Crippen molar-refractivity contribution in [1.29, 1.82) is 0 Å². The molecule has 0 aliphatic heterocycles. The number of benzene rings is 2. The lowest BCUT2D eigenvalue weighted by Crippen LogP contribution is -2.06. The molecule has 0 saturated carbocycles. The van der Waals surface area contributed by atoms with E-state index in [9.17, 15) is 9.18 Å². The van der Waals surface area contributed by atoms with Gasteiger partial charge in [-0.2, -0.15) is 0 Å². The van der Waals surface area contributed by atoms with Crippen LogP contribution in [0, 0.1) is 19.7 Å². The van der Waals surface area contributed by atoms with E-state index in [1.54, 1.807) is 12.1 Å². The minimum Gasteiger partial charge on any atom is -0.465 e. The topological polar surface area (TPSA) is 61.5 Å². The van der Waals surface area contributed by atoms with Gasteiger partial charge in [0, 0.05) is 17.8 Å². The molecule has 0 amide bonds. The van der Waals surface area contributed by atoms with Gasteiger partial charge in [0.05, 0.1) is 12.7 Å². The zero-order valence-electron chi connectivity index (χ0n) is 12.1. The van der Waals surface area contributed by atoms with Crippen molar-refractivity contribution in [2.75, 3.05) is 12.8 Å². The zero-order valence-corrected chi connectivity index (χ0v) is 12.1. The highest BCUT2D eigenvalue weighted by atomic mass is 19.1. The normalized spacial score (nSPS) is 10.3. The molecule has 21 heavy (non-hydrogen) atoms. The SMILES string of the molecule is COC(=O)c1cc(Oc2cc(C)cc(C)c2)c(F)cc1N. The third-order valence-corrected chi connectivity index (χ3v) is 2.93. The van der Waals surface area contributed by atoms with Gasteiger partial charge >= 0.3 is 5.97 Å². The molecule has 110 valence electrons. The second kappa shape index (κ2) is 5.83. The highest BCUT2D eigenvalue weighted by Gasteiger charge is 2.16. The van der Waals surface area contributed by atoms with Crippen LogP contribution in [0.2, 0.25) is 0 Å². The average Bonchev–Trinajstić information content (AvgIpc) is 2.40. The van der Waals surface area contributed by atoms with Crippen molar-refractivity contribution in [3.8, 4) is 11.5 Å². The Morgan fingerprint density at radius 1 is 1.10 bits per heavy atom. The second-order valence-corrected chi connectivity index (χ2v) is 4.79. The standard InChI is InChI=1S/C16H16FNO3/c1-9-4-10(2)6-11(5-9)21-15-7-12(16(19)20-3)14(18)8-13(15)17/h4-8H,18H2,1-3H3. The first-order valence-corrected chi connectivity index (χ1v) is 6.34. The summed E-state index contributed by atoms with van der Waals surface area (Å²) in [7, 11) is 1.23. The van der Waals surface area contributed by atoms with Crippen molar-refractivity contribution in [2.45, 2.75) is 13.8 Å². The molecule has 0 aromatic heterocycles. The number of hydrogen-bond donors (Lipinski definition) is 1. The maximum Gasteiger partial charge on any atom is 0.340 e. The smallest absolute Gasteiger partial charge is 0.340 e. The number of nitrogens with two attached hydrogens (primary N) is 1. The number of nitrogen functional groups attached to an aromatic ring is 1. The van der Waals surface area contributed by atoms with Gasteiger partial charge in [-0.15, -0.1) is 0 Å². The first-order valence-electron chi connectivity index (χ1n) is 6.34. The molecule has 2 aromatic rings. The molecule has 0 saturated heterocycles.